The molecular weight excluding hydrogens is 250 g/mol. The van der Waals surface area contributed by atoms with Crippen molar-refractivity contribution in [2.45, 2.75) is 39.7 Å². The molecule has 0 bridgehead atoms. The molecule has 1 heterocycles. The van der Waals surface area contributed by atoms with E-state index in [-0.39, 0.29) is 16.8 Å². The van der Waals surface area contributed by atoms with E-state index in [0.717, 1.165) is 0 Å². The van der Waals surface area contributed by atoms with Gasteiger partial charge in [-0.05, 0) is 19.8 Å². The molecule has 1 aliphatic heterocycles. The maximum atomic E-state index is 12.6. The van der Waals surface area contributed by atoms with Gasteiger partial charge in [0.25, 0.3) is 0 Å². The molecule has 0 spiro atoms. The van der Waals surface area contributed by atoms with Crippen LogP contribution in [0, 0.1) is 5.41 Å². The Kier molecular flexibility index (Phi) is 4.67. The third kappa shape index (κ3) is 2.48. The van der Waals surface area contributed by atoms with Crippen molar-refractivity contribution in [3.63, 3.8) is 0 Å². The summed E-state index contributed by atoms with van der Waals surface area (Å²) in [6.45, 7) is 6.51. The summed E-state index contributed by atoms with van der Waals surface area (Å²) >= 11 is 5.01. The van der Waals surface area contributed by atoms with Gasteiger partial charge in [0.05, 0.1) is 10.4 Å². The van der Waals surface area contributed by atoms with Crippen LogP contribution in [0.5, 0.6) is 0 Å². The van der Waals surface area contributed by atoms with Crippen molar-refractivity contribution in [1.29, 1.82) is 0 Å². The molecular formula is C12H21N3O2S. The molecule has 1 saturated heterocycles. The van der Waals surface area contributed by atoms with Crippen LogP contribution in [0.25, 0.3) is 0 Å². The van der Waals surface area contributed by atoms with Crippen LogP contribution in [0.1, 0.15) is 33.6 Å². The summed E-state index contributed by atoms with van der Waals surface area (Å²) in [6, 6.07) is -0.411. The Morgan fingerprint density at radius 3 is 2.67 bits per heavy atom. The lowest BCUT2D eigenvalue weighted by atomic mass is 9.85. The van der Waals surface area contributed by atoms with Crippen LogP contribution in [0.4, 0.5) is 0 Å². The molecule has 0 aromatic heterocycles. The minimum atomic E-state index is -0.861. The molecule has 1 rings (SSSR count). The summed E-state index contributed by atoms with van der Waals surface area (Å²) < 4.78 is 0. The van der Waals surface area contributed by atoms with E-state index in [1.54, 1.807) is 11.8 Å². The SMILES string of the molecule is CCC1C(=O)NCCN1C(=O)C(C)(CC)C(N)=S. The van der Waals surface area contributed by atoms with E-state index in [1.807, 2.05) is 13.8 Å². The number of nitrogens with two attached hydrogens (primary N) is 1. The molecule has 0 aromatic carbocycles. The number of hydrogen-bond acceptors (Lipinski definition) is 3. The maximum Gasteiger partial charge on any atom is 0.242 e. The fourth-order valence-corrected chi connectivity index (χ4v) is 2.34. The molecule has 2 amide bonds. The van der Waals surface area contributed by atoms with Crippen molar-refractivity contribution in [3.05, 3.63) is 0 Å². The molecule has 0 radical (unpaired) electrons. The zero-order valence-corrected chi connectivity index (χ0v) is 12.0. The largest absolute Gasteiger partial charge is 0.392 e. The molecule has 102 valence electrons. The Labute approximate surface area is 113 Å². The van der Waals surface area contributed by atoms with Crippen LogP contribution < -0.4 is 11.1 Å². The number of nitrogens with one attached hydrogen (secondary N) is 1. The molecule has 5 nitrogen and oxygen atoms in total. The Balaban J connectivity index is 3.00. The Hall–Kier alpha value is -1.17. The smallest absolute Gasteiger partial charge is 0.242 e. The van der Waals surface area contributed by atoms with Crippen molar-refractivity contribution in [1.82, 2.24) is 10.2 Å². The van der Waals surface area contributed by atoms with E-state index in [4.69, 9.17) is 18.0 Å². The van der Waals surface area contributed by atoms with Crippen molar-refractivity contribution < 1.29 is 9.59 Å². The average Bonchev–Trinajstić information content (AvgIpc) is 2.36. The second kappa shape index (κ2) is 5.65. The van der Waals surface area contributed by atoms with Crippen molar-refractivity contribution in [2.24, 2.45) is 11.1 Å². The highest BCUT2D eigenvalue weighted by Gasteiger charge is 2.42. The fraction of sp³-hybridized carbons (Fsp3) is 0.750. The summed E-state index contributed by atoms with van der Waals surface area (Å²) in [4.78, 5) is 26.1. The third-order valence-corrected chi connectivity index (χ3v) is 4.15. The molecule has 0 saturated carbocycles. The molecule has 0 aromatic rings. The monoisotopic (exact) mass is 271 g/mol. The highest BCUT2D eigenvalue weighted by Crippen LogP contribution is 2.27. The topological polar surface area (TPSA) is 75.4 Å². The Bertz CT molecular complexity index is 372. The minimum absolute atomic E-state index is 0.0986. The van der Waals surface area contributed by atoms with Crippen LogP contribution in [-0.2, 0) is 9.59 Å². The zero-order chi connectivity index (χ0) is 13.9. The van der Waals surface area contributed by atoms with E-state index in [9.17, 15) is 9.59 Å². The lowest BCUT2D eigenvalue weighted by Crippen LogP contribution is -2.61. The second-order valence-electron chi connectivity index (χ2n) is 4.76. The van der Waals surface area contributed by atoms with Gasteiger partial charge in [-0.15, -0.1) is 0 Å². The van der Waals surface area contributed by atoms with Gasteiger partial charge >= 0.3 is 0 Å². The van der Waals surface area contributed by atoms with Gasteiger partial charge in [0, 0.05) is 13.1 Å². The summed E-state index contributed by atoms with van der Waals surface area (Å²) in [5.41, 5.74) is 4.83. The molecule has 2 unspecified atom stereocenters. The molecule has 18 heavy (non-hydrogen) atoms. The first-order valence-corrected chi connectivity index (χ1v) is 6.68. The van der Waals surface area contributed by atoms with Crippen LogP contribution in [0.2, 0.25) is 0 Å². The number of carbonyl (C=O) groups is 2. The summed E-state index contributed by atoms with van der Waals surface area (Å²) in [6.07, 6.45) is 1.13. The lowest BCUT2D eigenvalue weighted by molar-refractivity contribution is -0.148. The molecule has 3 N–H and O–H groups in total. The first kappa shape index (κ1) is 14.9. The number of rotatable bonds is 4. The number of piperazine rings is 1. The normalized spacial score (nSPS) is 23.2. The maximum absolute atomic E-state index is 12.6. The average molecular weight is 271 g/mol. The first-order valence-electron chi connectivity index (χ1n) is 6.27. The minimum Gasteiger partial charge on any atom is -0.392 e. The fourth-order valence-electron chi connectivity index (χ4n) is 2.11. The van der Waals surface area contributed by atoms with Gasteiger partial charge < -0.3 is 16.0 Å². The zero-order valence-electron chi connectivity index (χ0n) is 11.2. The lowest BCUT2D eigenvalue weighted by Gasteiger charge is -2.39. The quantitative estimate of drug-likeness (QED) is 0.727. The van der Waals surface area contributed by atoms with Crippen LogP contribution in [0.3, 0.4) is 0 Å². The van der Waals surface area contributed by atoms with E-state index in [1.165, 1.54) is 0 Å². The molecule has 0 aliphatic carbocycles. The Morgan fingerprint density at radius 2 is 2.22 bits per heavy atom. The van der Waals surface area contributed by atoms with Crippen molar-refractivity contribution >= 4 is 29.0 Å². The number of thiocarbonyl (C=S) groups is 1. The number of amides is 2. The van der Waals surface area contributed by atoms with Gasteiger partial charge in [0.15, 0.2) is 0 Å². The van der Waals surface area contributed by atoms with Crippen LogP contribution in [-0.4, -0.2) is 40.8 Å². The molecule has 1 aliphatic rings. The summed E-state index contributed by atoms with van der Waals surface area (Å²) in [5.74, 6) is -0.238. The van der Waals surface area contributed by atoms with Gasteiger partial charge in [-0.2, -0.15) is 0 Å². The van der Waals surface area contributed by atoms with Crippen LogP contribution >= 0.6 is 12.2 Å². The Morgan fingerprint density at radius 1 is 1.61 bits per heavy atom. The second-order valence-corrected chi connectivity index (χ2v) is 5.20. The van der Waals surface area contributed by atoms with Gasteiger partial charge in [-0.3, -0.25) is 9.59 Å². The standard InChI is InChI=1S/C12H21N3O2S/c1-4-8-9(16)14-6-7-15(8)11(17)12(3,5-2)10(13)18/h8H,4-7H2,1-3H3,(H2,13,18)(H,14,16). The summed E-state index contributed by atoms with van der Waals surface area (Å²) in [7, 11) is 0. The first-order chi connectivity index (χ1) is 8.38. The molecule has 2 atom stereocenters. The van der Waals surface area contributed by atoms with Gasteiger partial charge in [0.1, 0.15) is 6.04 Å². The number of hydrogen-bond donors (Lipinski definition) is 2. The highest BCUT2D eigenvalue weighted by molar-refractivity contribution is 7.80. The predicted octanol–water partition coefficient (Wildman–Crippen LogP) is 0.426. The number of nitrogens with zero attached hydrogens (tertiary/aromatic N) is 1. The summed E-state index contributed by atoms with van der Waals surface area (Å²) in [5, 5.41) is 2.77. The van der Waals surface area contributed by atoms with E-state index in [2.05, 4.69) is 5.32 Å². The highest BCUT2D eigenvalue weighted by atomic mass is 32.1. The van der Waals surface area contributed by atoms with Crippen LogP contribution in [0.15, 0.2) is 0 Å². The third-order valence-electron chi connectivity index (χ3n) is 3.70. The van der Waals surface area contributed by atoms with Gasteiger partial charge in [0.2, 0.25) is 11.8 Å². The van der Waals surface area contributed by atoms with E-state index < -0.39 is 11.5 Å². The van der Waals surface area contributed by atoms with E-state index in [0.29, 0.717) is 25.9 Å². The van der Waals surface area contributed by atoms with Gasteiger partial charge in [-0.25, -0.2) is 0 Å². The molecule has 6 heteroatoms. The van der Waals surface area contributed by atoms with Gasteiger partial charge in [-0.1, -0.05) is 26.1 Å². The number of carbonyl (C=O) groups excluding carboxylic acids is 2. The van der Waals surface area contributed by atoms with Crippen molar-refractivity contribution in [3.8, 4) is 0 Å². The predicted molar refractivity (Wildman–Crippen MR) is 74.0 cm³/mol. The van der Waals surface area contributed by atoms with E-state index >= 15 is 0 Å². The van der Waals surface area contributed by atoms with Crippen molar-refractivity contribution in [2.75, 3.05) is 13.1 Å². The molecule has 1 fully saturated rings.